The number of halogens is 1. The van der Waals surface area contributed by atoms with Crippen LogP contribution in [0.25, 0.3) is 0 Å². The highest BCUT2D eigenvalue weighted by atomic mass is 19.1. The zero-order valence-electron chi connectivity index (χ0n) is 14.7. The Kier molecular flexibility index (Phi) is 5.09. The molecule has 1 fully saturated rings. The molecule has 1 amide bonds. The Labute approximate surface area is 153 Å². The minimum absolute atomic E-state index is 0.0962. The summed E-state index contributed by atoms with van der Waals surface area (Å²) in [4.78, 5) is 11.3. The van der Waals surface area contributed by atoms with Crippen LogP contribution in [0.1, 0.15) is 12.0 Å². The minimum Gasteiger partial charge on any atom is -0.366 e. The highest BCUT2D eigenvalue weighted by Gasteiger charge is 2.33. The molecule has 1 heterocycles. The molecule has 0 saturated carbocycles. The Morgan fingerprint density at radius 2 is 2.15 bits per heavy atom. The van der Waals surface area contributed by atoms with E-state index in [1.165, 1.54) is 6.08 Å². The monoisotopic (exact) mass is 352 g/mol. The van der Waals surface area contributed by atoms with Crippen molar-refractivity contribution < 1.29 is 9.18 Å². The maximum Gasteiger partial charge on any atom is 0.250 e. The molecule has 26 heavy (non-hydrogen) atoms. The van der Waals surface area contributed by atoms with Gasteiger partial charge in [0.25, 0.3) is 5.91 Å². The Morgan fingerprint density at radius 1 is 1.42 bits per heavy atom. The van der Waals surface area contributed by atoms with Gasteiger partial charge in [-0.2, -0.15) is 0 Å². The summed E-state index contributed by atoms with van der Waals surface area (Å²) in [5.74, 6) is -0.616. The number of hydrogen-bond donors (Lipinski definition) is 4. The van der Waals surface area contributed by atoms with Crippen LogP contribution < -0.4 is 16.4 Å². The number of allylic oxidation sites excluding steroid dienone is 4. The SMILES string of the molecule is BC1(c2ccc(N/C=C3/C=CC=C(C(N)=O)C3=N)cc2)CNCC(F)C1. The standard InChI is InChI=1S/C19H22BFN4O/c20-19(8-14(21)10-24-11-19)13-4-6-15(7-5-13)25-9-12-2-1-3-16(17(12)22)18(23)26/h1-7,9,14,22,24-25H,8,10-11,20H2,(H2,23,26)/b12-9-,22-17?. The molecule has 1 aromatic rings. The van der Waals surface area contributed by atoms with Gasteiger partial charge in [-0.05, 0) is 42.1 Å². The number of benzene rings is 1. The number of hydrogen-bond acceptors (Lipinski definition) is 4. The quantitative estimate of drug-likeness (QED) is 0.613. The second-order valence-corrected chi connectivity index (χ2v) is 6.99. The molecule has 2 aliphatic rings. The van der Waals surface area contributed by atoms with Crippen molar-refractivity contribution in [3.8, 4) is 0 Å². The number of alkyl halides is 1. The van der Waals surface area contributed by atoms with Gasteiger partial charge in [0.05, 0.1) is 11.3 Å². The van der Waals surface area contributed by atoms with Gasteiger partial charge in [0.15, 0.2) is 0 Å². The van der Waals surface area contributed by atoms with Crippen molar-refractivity contribution in [2.45, 2.75) is 17.9 Å². The molecule has 0 aromatic heterocycles. The van der Waals surface area contributed by atoms with Crippen molar-refractivity contribution in [3.63, 3.8) is 0 Å². The van der Waals surface area contributed by atoms with Crippen LogP contribution in [0.5, 0.6) is 0 Å². The van der Waals surface area contributed by atoms with Crippen molar-refractivity contribution in [1.29, 1.82) is 5.41 Å². The number of carbonyl (C=O) groups excluding carboxylic acids is 1. The van der Waals surface area contributed by atoms with E-state index in [4.69, 9.17) is 11.1 Å². The number of carbonyl (C=O) groups is 1. The van der Waals surface area contributed by atoms with Crippen molar-refractivity contribution >= 4 is 25.2 Å². The first-order chi connectivity index (χ1) is 12.4. The number of nitrogens with two attached hydrogens (primary N) is 1. The summed E-state index contributed by atoms with van der Waals surface area (Å²) >= 11 is 0. The largest absolute Gasteiger partial charge is 0.366 e. The molecule has 3 rings (SSSR count). The van der Waals surface area contributed by atoms with Gasteiger partial charge in [-0.25, -0.2) is 4.39 Å². The van der Waals surface area contributed by atoms with E-state index in [0.717, 1.165) is 17.8 Å². The predicted octanol–water partition coefficient (Wildman–Crippen LogP) is 1.14. The maximum atomic E-state index is 13.7. The third-order valence-electron chi connectivity index (χ3n) is 4.89. The van der Waals surface area contributed by atoms with Crippen LogP contribution in [-0.2, 0) is 10.1 Å². The molecule has 0 radical (unpaired) electrons. The number of anilines is 1. The Bertz CT molecular complexity index is 815. The number of amides is 1. The lowest BCUT2D eigenvalue weighted by atomic mass is 9.60. The van der Waals surface area contributed by atoms with Gasteiger partial charge in [0.1, 0.15) is 14.0 Å². The molecule has 1 aliphatic heterocycles. The molecule has 2 unspecified atom stereocenters. The number of piperidine rings is 1. The van der Waals surface area contributed by atoms with E-state index in [-0.39, 0.29) is 16.6 Å². The van der Waals surface area contributed by atoms with Crippen LogP contribution in [0.15, 0.2) is 59.8 Å². The lowest BCUT2D eigenvalue weighted by molar-refractivity contribution is -0.114. The predicted molar refractivity (Wildman–Crippen MR) is 105 cm³/mol. The summed E-state index contributed by atoms with van der Waals surface area (Å²) in [5, 5.41) is 14.1. The second-order valence-electron chi connectivity index (χ2n) is 6.99. The maximum absolute atomic E-state index is 13.7. The highest BCUT2D eigenvalue weighted by molar-refractivity contribution is 6.28. The number of nitrogens with one attached hydrogen (secondary N) is 3. The fourth-order valence-corrected chi connectivity index (χ4v) is 3.38. The summed E-state index contributed by atoms with van der Waals surface area (Å²) in [5.41, 5.74) is 8.08. The molecule has 5 nitrogen and oxygen atoms in total. The van der Waals surface area contributed by atoms with Crippen LogP contribution in [-0.4, -0.2) is 38.7 Å². The zero-order chi connectivity index (χ0) is 18.7. The number of rotatable bonds is 4. The van der Waals surface area contributed by atoms with Gasteiger partial charge in [-0.1, -0.05) is 24.3 Å². The van der Waals surface area contributed by atoms with Gasteiger partial charge in [-0.15, -0.1) is 0 Å². The zero-order valence-corrected chi connectivity index (χ0v) is 14.7. The average Bonchev–Trinajstić information content (AvgIpc) is 2.61. The van der Waals surface area contributed by atoms with E-state index in [0.29, 0.717) is 18.5 Å². The van der Waals surface area contributed by atoms with Crippen molar-refractivity contribution in [3.05, 3.63) is 65.4 Å². The molecule has 134 valence electrons. The molecule has 2 atom stereocenters. The summed E-state index contributed by atoms with van der Waals surface area (Å²) in [7, 11) is 2.07. The minimum atomic E-state index is -0.826. The summed E-state index contributed by atoms with van der Waals surface area (Å²) in [6, 6.07) is 7.86. The van der Waals surface area contributed by atoms with E-state index in [1.807, 2.05) is 24.3 Å². The van der Waals surface area contributed by atoms with Crippen molar-refractivity contribution in [2.75, 3.05) is 18.4 Å². The normalized spacial score (nSPS) is 27.3. The third kappa shape index (κ3) is 3.78. The smallest absolute Gasteiger partial charge is 0.250 e. The fraction of sp³-hybridized carbons (Fsp3) is 0.263. The molecular weight excluding hydrogens is 330 g/mol. The topological polar surface area (TPSA) is 91.0 Å². The first kappa shape index (κ1) is 18.1. The lowest BCUT2D eigenvalue weighted by Gasteiger charge is -2.36. The first-order valence-electron chi connectivity index (χ1n) is 8.58. The fourth-order valence-electron chi connectivity index (χ4n) is 3.38. The molecule has 1 aliphatic carbocycles. The van der Waals surface area contributed by atoms with Crippen LogP contribution in [0.4, 0.5) is 10.1 Å². The van der Waals surface area contributed by atoms with E-state index in [1.54, 1.807) is 18.4 Å². The van der Waals surface area contributed by atoms with Crippen LogP contribution >= 0.6 is 0 Å². The number of primary amides is 1. The molecule has 0 spiro atoms. The molecule has 0 bridgehead atoms. The highest BCUT2D eigenvalue weighted by Crippen LogP contribution is 2.30. The van der Waals surface area contributed by atoms with Gasteiger partial charge >= 0.3 is 0 Å². The molecule has 7 heteroatoms. The Hall–Kier alpha value is -2.67. The van der Waals surface area contributed by atoms with E-state index in [2.05, 4.69) is 18.5 Å². The Balaban J connectivity index is 1.70. The molecule has 1 aromatic carbocycles. The van der Waals surface area contributed by atoms with Crippen LogP contribution in [0.2, 0.25) is 0 Å². The summed E-state index contributed by atoms with van der Waals surface area (Å²) in [6.45, 7) is 1.18. The van der Waals surface area contributed by atoms with Crippen molar-refractivity contribution in [2.24, 2.45) is 5.73 Å². The van der Waals surface area contributed by atoms with Crippen molar-refractivity contribution in [1.82, 2.24) is 5.32 Å². The summed E-state index contributed by atoms with van der Waals surface area (Å²) < 4.78 is 13.7. The lowest BCUT2D eigenvalue weighted by Crippen LogP contribution is -2.48. The molecule has 5 N–H and O–H groups in total. The van der Waals surface area contributed by atoms with Gasteiger partial charge in [0, 0.05) is 24.0 Å². The summed E-state index contributed by atoms with van der Waals surface area (Å²) in [6.07, 6.45) is 6.33. The third-order valence-corrected chi connectivity index (χ3v) is 4.89. The van der Waals surface area contributed by atoms with Crippen LogP contribution in [0, 0.1) is 5.41 Å². The van der Waals surface area contributed by atoms with Gasteiger partial charge in [-0.3, -0.25) is 10.2 Å². The second kappa shape index (κ2) is 7.29. The van der Waals surface area contributed by atoms with Gasteiger partial charge in [0.2, 0.25) is 0 Å². The molecule has 1 saturated heterocycles. The van der Waals surface area contributed by atoms with Gasteiger partial charge < -0.3 is 16.4 Å². The van der Waals surface area contributed by atoms with Crippen LogP contribution in [0.3, 0.4) is 0 Å². The van der Waals surface area contributed by atoms with E-state index < -0.39 is 12.1 Å². The first-order valence-corrected chi connectivity index (χ1v) is 8.58. The van der Waals surface area contributed by atoms with E-state index in [9.17, 15) is 9.18 Å². The Morgan fingerprint density at radius 3 is 2.81 bits per heavy atom. The van der Waals surface area contributed by atoms with E-state index >= 15 is 0 Å². The average molecular weight is 352 g/mol. The molecular formula is C19H22BFN4O.